The maximum atomic E-state index is 13.1. The minimum atomic E-state index is -1.17. The van der Waals surface area contributed by atoms with E-state index in [1.165, 1.54) is 24.3 Å². The number of nitrogens with one attached hydrogen (secondary N) is 1. The normalized spacial score (nSPS) is 14.3. The van der Waals surface area contributed by atoms with Gasteiger partial charge in [0.2, 0.25) is 11.7 Å². The zero-order valence-electron chi connectivity index (χ0n) is 17.9. The Balaban J connectivity index is 1.63. The number of anilines is 2. The molecule has 0 bridgehead atoms. The van der Waals surface area contributed by atoms with Crippen LogP contribution in [-0.2, 0) is 9.59 Å². The van der Waals surface area contributed by atoms with Crippen LogP contribution >= 0.6 is 0 Å². The van der Waals surface area contributed by atoms with Gasteiger partial charge in [0, 0.05) is 17.3 Å². The number of rotatable bonds is 6. The standard InChI is InChI=1S/C24H22N2O6/c1-24(2)23(29)26(14-21(27)25-16-6-4-7-17(13-16)30-3)18-12-15(9-10-19(18)32-24)22(28)20-8-5-11-31-20/h4-13H,14H2,1-3H3,(H,25,27). The van der Waals surface area contributed by atoms with E-state index >= 15 is 0 Å². The summed E-state index contributed by atoms with van der Waals surface area (Å²) in [6, 6.07) is 14.8. The summed E-state index contributed by atoms with van der Waals surface area (Å²) >= 11 is 0. The van der Waals surface area contributed by atoms with Crippen LogP contribution in [0.5, 0.6) is 11.5 Å². The molecule has 1 aliphatic heterocycles. The number of amides is 2. The van der Waals surface area contributed by atoms with Crippen LogP contribution in [0.15, 0.2) is 65.3 Å². The highest BCUT2D eigenvalue weighted by molar-refractivity contribution is 6.11. The number of carbonyl (C=O) groups excluding carboxylic acids is 3. The van der Waals surface area contributed by atoms with Gasteiger partial charge in [-0.2, -0.15) is 0 Å². The molecule has 0 saturated heterocycles. The summed E-state index contributed by atoms with van der Waals surface area (Å²) in [7, 11) is 1.54. The molecule has 0 spiro atoms. The molecule has 0 saturated carbocycles. The van der Waals surface area contributed by atoms with Gasteiger partial charge >= 0.3 is 0 Å². The Hall–Kier alpha value is -4.07. The number of fused-ring (bicyclic) bond motifs is 1. The van der Waals surface area contributed by atoms with Crippen molar-refractivity contribution in [3.05, 3.63) is 72.2 Å². The topological polar surface area (TPSA) is 98.1 Å². The van der Waals surface area contributed by atoms with E-state index in [1.807, 2.05) is 0 Å². The molecule has 1 aromatic heterocycles. The van der Waals surface area contributed by atoms with E-state index in [0.717, 1.165) is 0 Å². The molecule has 0 unspecified atom stereocenters. The Bertz CT molecular complexity index is 1180. The van der Waals surface area contributed by atoms with Crippen molar-refractivity contribution in [3.63, 3.8) is 0 Å². The minimum absolute atomic E-state index is 0.177. The van der Waals surface area contributed by atoms with Crippen LogP contribution in [0.4, 0.5) is 11.4 Å². The van der Waals surface area contributed by atoms with Crippen LogP contribution in [0.2, 0.25) is 0 Å². The van der Waals surface area contributed by atoms with Crippen LogP contribution in [0.3, 0.4) is 0 Å². The first-order valence-electron chi connectivity index (χ1n) is 9.95. The average Bonchev–Trinajstić information content (AvgIpc) is 3.31. The SMILES string of the molecule is COc1cccc(NC(=O)CN2C(=O)C(C)(C)Oc3ccc(C(=O)c4ccco4)cc32)c1. The molecule has 164 valence electrons. The van der Waals surface area contributed by atoms with E-state index in [1.54, 1.807) is 62.4 Å². The van der Waals surface area contributed by atoms with Crippen molar-refractivity contribution in [1.82, 2.24) is 0 Å². The second kappa shape index (κ2) is 8.22. The van der Waals surface area contributed by atoms with Crippen molar-refractivity contribution >= 4 is 29.0 Å². The third-order valence-corrected chi connectivity index (χ3v) is 5.04. The summed E-state index contributed by atoms with van der Waals surface area (Å²) in [5, 5.41) is 2.77. The van der Waals surface area contributed by atoms with E-state index in [2.05, 4.69) is 5.32 Å². The molecular weight excluding hydrogens is 412 g/mol. The summed E-state index contributed by atoms with van der Waals surface area (Å²) in [6.07, 6.45) is 1.41. The lowest BCUT2D eigenvalue weighted by atomic mass is 10.0. The summed E-state index contributed by atoms with van der Waals surface area (Å²) in [5.41, 5.74) is 0.0207. The molecule has 2 amide bonds. The maximum absolute atomic E-state index is 13.1. The summed E-state index contributed by atoms with van der Waals surface area (Å²) in [5.74, 6) is 0.0375. The second-order valence-electron chi connectivity index (χ2n) is 7.77. The highest BCUT2D eigenvalue weighted by atomic mass is 16.5. The van der Waals surface area contributed by atoms with Gasteiger partial charge in [-0.1, -0.05) is 6.07 Å². The van der Waals surface area contributed by atoms with Crippen molar-refractivity contribution in [2.45, 2.75) is 19.4 Å². The van der Waals surface area contributed by atoms with Gasteiger partial charge in [-0.05, 0) is 56.3 Å². The first-order chi connectivity index (χ1) is 15.3. The van der Waals surface area contributed by atoms with Crippen LogP contribution in [0, 0.1) is 0 Å². The van der Waals surface area contributed by atoms with Crippen molar-refractivity contribution in [2.75, 3.05) is 23.9 Å². The molecule has 2 heterocycles. The van der Waals surface area contributed by atoms with Crippen molar-refractivity contribution in [3.8, 4) is 11.5 Å². The minimum Gasteiger partial charge on any atom is -0.497 e. The maximum Gasteiger partial charge on any atom is 0.271 e. The smallest absolute Gasteiger partial charge is 0.271 e. The zero-order valence-corrected chi connectivity index (χ0v) is 17.9. The first kappa shape index (κ1) is 21.2. The summed E-state index contributed by atoms with van der Waals surface area (Å²) in [6.45, 7) is 3.01. The molecule has 3 aromatic rings. The van der Waals surface area contributed by atoms with Gasteiger partial charge in [-0.15, -0.1) is 0 Å². The molecule has 1 N–H and O–H groups in total. The highest BCUT2D eigenvalue weighted by Crippen LogP contribution is 2.38. The van der Waals surface area contributed by atoms with E-state index in [-0.39, 0.29) is 18.1 Å². The number of benzene rings is 2. The molecule has 0 aliphatic carbocycles. The molecule has 0 radical (unpaired) electrons. The summed E-state index contributed by atoms with van der Waals surface area (Å²) in [4.78, 5) is 39.9. The van der Waals surface area contributed by atoms with Gasteiger partial charge in [0.25, 0.3) is 5.91 Å². The Morgan fingerprint density at radius 3 is 2.62 bits per heavy atom. The molecule has 0 atom stereocenters. The Morgan fingerprint density at radius 2 is 1.91 bits per heavy atom. The largest absolute Gasteiger partial charge is 0.497 e. The summed E-state index contributed by atoms with van der Waals surface area (Å²) < 4.78 is 16.2. The lowest BCUT2D eigenvalue weighted by Gasteiger charge is -2.38. The third-order valence-electron chi connectivity index (χ3n) is 5.04. The molecule has 1 aliphatic rings. The fourth-order valence-electron chi connectivity index (χ4n) is 3.46. The molecule has 2 aromatic carbocycles. The monoisotopic (exact) mass is 434 g/mol. The van der Waals surface area contributed by atoms with Gasteiger partial charge in [-0.25, -0.2) is 0 Å². The third kappa shape index (κ3) is 4.07. The number of hydrogen-bond acceptors (Lipinski definition) is 6. The predicted octanol–water partition coefficient (Wildman–Crippen LogP) is 3.66. The van der Waals surface area contributed by atoms with E-state index in [9.17, 15) is 14.4 Å². The van der Waals surface area contributed by atoms with Crippen molar-refractivity contribution in [2.24, 2.45) is 0 Å². The molecule has 32 heavy (non-hydrogen) atoms. The Morgan fingerprint density at radius 1 is 1.09 bits per heavy atom. The Labute approximate surface area is 184 Å². The Kier molecular flexibility index (Phi) is 5.44. The number of carbonyl (C=O) groups is 3. The second-order valence-corrected chi connectivity index (χ2v) is 7.77. The zero-order chi connectivity index (χ0) is 22.9. The quantitative estimate of drug-likeness (QED) is 0.595. The number of ether oxygens (including phenoxy) is 2. The molecule has 8 nitrogen and oxygen atoms in total. The lowest BCUT2D eigenvalue weighted by molar-refractivity contribution is -0.133. The number of furan rings is 1. The number of ketones is 1. The molecular formula is C24H22N2O6. The number of hydrogen-bond donors (Lipinski definition) is 1. The van der Waals surface area contributed by atoms with Gasteiger partial charge in [-0.3, -0.25) is 19.3 Å². The van der Waals surface area contributed by atoms with Crippen LogP contribution in [0.1, 0.15) is 30.0 Å². The first-order valence-corrected chi connectivity index (χ1v) is 9.95. The lowest BCUT2D eigenvalue weighted by Crippen LogP contribution is -2.54. The van der Waals surface area contributed by atoms with Crippen molar-refractivity contribution < 1.29 is 28.3 Å². The van der Waals surface area contributed by atoms with Crippen molar-refractivity contribution in [1.29, 1.82) is 0 Å². The van der Waals surface area contributed by atoms with E-state index in [0.29, 0.717) is 28.4 Å². The predicted molar refractivity (Wildman–Crippen MR) is 117 cm³/mol. The highest BCUT2D eigenvalue weighted by Gasteiger charge is 2.42. The van der Waals surface area contributed by atoms with Gasteiger partial charge in [0.15, 0.2) is 11.4 Å². The van der Waals surface area contributed by atoms with Crippen LogP contribution < -0.4 is 19.7 Å². The van der Waals surface area contributed by atoms with E-state index < -0.39 is 17.4 Å². The van der Waals surface area contributed by atoms with Crippen LogP contribution in [-0.4, -0.2) is 36.9 Å². The van der Waals surface area contributed by atoms with Crippen LogP contribution in [0.25, 0.3) is 0 Å². The van der Waals surface area contributed by atoms with Gasteiger partial charge in [0.05, 0.1) is 19.1 Å². The number of methoxy groups -OCH3 is 1. The molecule has 8 heteroatoms. The fraction of sp³-hybridized carbons (Fsp3) is 0.208. The van der Waals surface area contributed by atoms with Gasteiger partial charge in [0.1, 0.15) is 18.0 Å². The average molecular weight is 434 g/mol. The number of nitrogens with zero attached hydrogens (tertiary/aromatic N) is 1. The van der Waals surface area contributed by atoms with Gasteiger partial charge < -0.3 is 19.2 Å². The van der Waals surface area contributed by atoms with E-state index in [4.69, 9.17) is 13.9 Å². The fourth-order valence-corrected chi connectivity index (χ4v) is 3.46. The molecule has 0 fully saturated rings. The molecule has 4 rings (SSSR count).